The number of halogens is 1. The van der Waals surface area contributed by atoms with E-state index in [0.29, 0.717) is 6.54 Å². The Labute approximate surface area is 46.2 Å². The lowest BCUT2D eigenvalue weighted by Crippen LogP contribution is -1.60. The number of nitrogens with zero attached hydrogens (tertiary/aromatic N) is 3. The van der Waals surface area contributed by atoms with Gasteiger partial charge >= 0.3 is 0 Å². The molecule has 0 aliphatic heterocycles. The highest BCUT2D eigenvalue weighted by Crippen LogP contribution is 1.78. The van der Waals surface area contributed by atoms with Crippen LogP contribution in [0, 0.1) is 0 Å². The molecule has 0 aromatic carbocycles. The van der Waals surface area contributed by atoms with Gasteiger partial charge in [0.25, 0.3) is 0 Å². The predicted octanol–water partition coefficient (Wildman–Crippen LogP) is 2.05. The van der Waals surface area contributed by atoms with Crippen molar-refractivity contribution in [3.8, 4) is 0 Å². The molecule has 0 aliphatic rings. The molecular weight excluding hydrogens is 114 g/mol. The third-order valence-electron chi connectivity index (χ3n) is 0.339. The molecule has 7 heavy (non-hydrogen) atoms. The van der Waals surface area contributed by atoms with E-state index in [9.17, 15) is 0 Å². The van der Waals surface area contributed by atoms with Crippen LogP contribution < -0.4 is 0 Å². The van der Waals surface area contributed by atoms with Crippen LogP contribution in [-0.4, -0.2) is 6.54 Å². The summed E-state index contributed by atoms with van der Waals surface area (Å²) in [5, 5.41) is 3.17. The smallest absolute Gasteiger partial charge is 0.0451 e. The average molecular weight is 118 g/mol. The van der Waals surface area contributed by atoms with E-state index in [1.807, 2.05) is 0 Å². The first-order valence-corrected chi connectivity index (χ1v) is 2.11. The summed E-state index contributed by atoms with van der Waals surface area (Å²) < 4.78 is 0. The average Bonchev–Trinajstić information content (AvgIpc) is 1.69. The van der Waals surface area contributed by atoms with E-state index in [2.05, 4.69) is 10.0 Å². The van der Waals surface area contributed by atoms with Crippen molar-refractivity contribution < 1.29 is 0 Å². The Bertz CT molecular complexity index is 103. The van der Waals surface area contributed by atoms with Crippen LogP contribution in [0.15, 0.2) is 16.7 Å². The van der Waals surface area contributed by atoms with E-state index in [1.165, 1.54) is 5.54 Å². The summed E-state index contributed by atoms with van der Waals surface area (Å²) in [5.41, 5.74) is 8.99. The topological polar surface area (TPSA) is 48.8 Å². The Kier molecular flexibility index (Phi) is 4.84. The van der Waals surface area contributed by atoms with Gasteiger partial charge in [-0.15, -0.1) is 0 Å². The summed E-state index contributed by atoms with van der Waals surface area (Å²) in [5.74, 6) is 0. The highest BCUT2D eigenvalue weighted by molar-refractivity contribution is 6.25. The standard InChI is InChI=1S/C3H4ClN3/c4-2-1-3-6-7-5/h1-2H,3H2/b2-1+. The largest absolute Gasteiger partial charge is 0.0933 e. The van der Waals surface area contributed by atoms with Crippen LogP contribution in [0.25, 0.3) is 10.4 Å². The van der Waals surface area contributed by atoms with E-state index in [1.54, 1.807) is 6.08 Å². The summed E-state index contributed by atoms with van der Waals surface area (Å²) in [6.07, 6.45) is 1.56. The zero-order valence-electron chi connectivity index (χ0n) is 3.58. The molecule has 0 unspecified atom stereocenters. The minimum atomic E-state index is 0.333. The number of hydrogen-bond acceptors (Lipinski definition) is 1. The minimum Gasteiger partial charge on any atom is -0.0933 e. The van der Waals surface area contributed by atoms with Crippen LogP contribution in [0.4, 0.5) is 0 Å². The van der Waals surface area contributed by atoms with E-state index in [0.717, 1.165) is 0 Å². The van der Waals surface area contributed by atoms with Gasteiger partial charge in [-0.3, -0.25) is 0 Å². The zero-order valence-corrected chi connectivity index (χ0v) is 4.34. The van der Waals surface area contributed by atoms with Gasteiger partial charge in [0.1, 0.15) is 0 Å². The molecule has 0 aliphatic carbocycles. The van der Waals surface area contributed by atoms with E-state index in [-0.39, 0.29) is 0 Å². The Balaban J connectivity index is 3.15. The molecule has 0 heterocycles. The van der Waals surface area contributed by atoms with Crippen molar-refractivity contribution in [3.63, 3.8) is 0 Å². The molecule has 0 aromatic heterocycles. The van der Waals surface area contributed by atoms with Crippen LogP contribution in [0.5, 0.6) is 0 Å². The van der Waals surface area contributed by atoms with Gasteiger partial charge in [-0.05, 0) is 5.53 Å². The third kappa shape index (κ3) is 5.34. The molecule has 0 saturated heterocycles. The first-order chi connectivity index (χ1) is 3.41. The molecule has 0 radical (unpaired) electrons. The van der Waals surface area contributed by atoms with Gasteiger partial charge in [-0.2, -0.15) is 0 Å². The Hall–Kier alpha value is -0.660. The van der Waals surface area contributed by atoms with E-state index < -0.39 is 0 Å². The normalized spacial score (nSPS) is 8.71. The number of rotatable bonds is 2. The van der Waals surface area contributed by atoms with Gasteiger partial charge in [0.05, 0.1) is 0 Å². The highest BCUT2D eigenvalue weighted by atomic mass is 35.5. The molecule has 0 amide bonds. The minimum absolute atomic E-state index is 0.333. The number of azide groups is 1. The lowest BCUT2D eigenvalue weighted by Gasteiger charge is -1.67. The molecule has 4 heteroatoms. The lowest BCUT2D eigenvalue weighted by atomic mass is 10.7. The maximum Gasteiger partial charge on any atom is 0.0451 e. The van der Waals surface area contributed by atoms with Crippen LogP contribution in [0.1, 0.15) is 0 Å². The summed E-state index contributed by atoms with van der Waals surface area (Å²) in [6.45, 7) is 0.333. The predicted molar refractivity (Wildman–Crippen MR) is 29.0 cm³/mol. The Morgan fingerprint density at radius 1 is 1.86 bits per heavy atom. The lowest BCUT2D eigenvalue weighted by molar-refractivity contribution is 1.22. The Morgan fingerprint density at radius 2 is 2.57 bits per heavy atom. The van der Waals surface area contributed by atoms with E-state index >= 15 is 0 Å². The van der Waals surface area contributed by atoms with Crippen molar-refractivity contribution in [2.24, 2.45) is 5.11 Å². The van der Waals surface area contributed by atoms with Crippen molar-refractivity contribution in [1.82, 2.24) is 0 Å². The molecule has 0 rings (SSSR count). The van der Waals surface area contributed by atoms with Crippen LogP contribution in [0.2, 0.25) is 0 Å². The second-order valence-corrected chi connectivity index (χ2v) is 1.03. The second kappa shape index (κ2) is 5.34. The summed E-state index contributed by atoms with van der Waals surface area (Å²) >= 11 is 5.07. The quantitative estimate of drug-likeness (QED) is 0.302. The van der Waals surface area contributed by atoms with Crippen molar-refractivity contribution >= 4 is 11.6 Å². The van der Waals surface area contributed by atoms with Crippen LogP contribution in [0.3, 0.4) is 0 Å². The molecule has 0 saturated carbocycles. The molecule has 0 N–H and O–H groups in total. The fourth-order valence-corrected chi connectivity index (χ4v) is 0.203. The van der Waals surface area contributed by atoms with Crippen LogP contribution in [-0.2, 0) is 0 Å². The molecule has 0 atom stereocenters. The van der Waals surface area contributed by atoms with E-state index in [4.69, 9.17) is 17.1 Å². The van der Waals surface area contributed by atoms with Gasteiger partial charge in [-0.1, -0.05) is 22.8 Å². The zero-order chi connectivity index (χ0) is 5.54. The van der Waals surface area contributed by atoms with Gasteiger partial charge < -0.3 is 0 Å². The molecule has 3 nitrogen and oxygen atoms in total. The number of hydrogen-bond donors (Lipinski definition) is 0. The maximum absolute atomic E-state index is 7.67. The van der Waals surface area contributed by atoms with Crippen LogP contribution >= 0.6 is 11.6 Å². The van der Waals surface area contributed by atoms with Gasteiger partial charge in [0.2, 0.25) is 0 Å². The fourth-order valence-electron chi connectivity index (χ4n) is 0.123. The van der Waals surface area contributed by atoms with Gasteiger partial charge in [-0.25, -0.2) is 0 Å². The summed E-state index contributed by atoms with van der Waals surface area (Å²) in [7, 11) is 0. The first-order valence-electron chi connectivity index (χ1n) is 1.68. The molecule has 0 fully saturated rings. The van der Waals surface area contributed by atoms with Crippen molar-refractivity contribution in [3.05, 3.63) is 22.1 Å². The molecule has 0 aromatic rings. The molecular formula is C3H4ClN3. The third-order valence-corrected chi connectivity index (χ3v) is 0.518. The first kappa shape index (κ1) is 6.34. The molecule has 0 spiro atoms. The van der Waals surface area contributed by atoms with Crippen molar-refractivity contribution in [1.29, 1.82) is 0 Å². The SMILES string of the molecule is [N-]=[N+]=NC/C=C/Cl. The fraction of sp³-hybridized carbons (Fsp3) is 0.333. The monoisotopic (exact) mass is 117 g/mol. The molecule has 38 valence electrons. The maximum atomic E-state index is 7.67. The molecule has 0 bridgehead atoms. The summed E-state index contributed by atoms with van der Waals surface area (Å²) in [6, 6.07) is 0. The second-order valence-electron chi connectivity index (χ2n) is 0.775. The summed E-state index contributed by atoms with van der Waals surface area (Å²) in [4.78, 5) is 2.49. The highest BCUT2D eigenvalue weighted by Gasteiger charge is 1.63. The van der Waals surface area contributed by atoms with Crippen molar-refractivity contribution in [2.45, 2.75) is 0 Å². The Morgan fingerprint density at radius 3 is 3.00 bits per heavy atom. The van der Waals surface area contributed by atoms with Gasteiger partial charge in [0.15, 0.2) is 0 Å². The van der Waals surface area contributed by atoms with Gasteiger partial charge in [0, 0.05) is 17.0 Å². The van der Waals surface area contributed by atoms with Crippen molar-refractivity contribution in [2.75, 3.05) is 6.54 Å².